The van der Waals surface area contributed by atoms with Gasteiger partial charge in [0, 0.05) is 52.4 Å². The molecule has 0 spiro atoms. The number of nitrogens with zero attached hydrogens (tertiary/aromatic N) is 4. The van der Waals surface area contributed by atoms with Crippen LogP contribution >= 0.6 is 0 Å². The number of nitrogens with one attached hydrogen (secondary N) is 2. The molecule has 7 heteroatoms. The molecule has 2 aliphatic rings. The van der Waals surface area contributed by atoms with Crippen molar-refractivity contribution < 1.29 is 4.74 Å². The molecular formula is C23H40N6O. The summed E-state index contributed by atoms with van der Waals surface area (Å²) in [5.41, 5.74) is 1.33. The van der Waals surface area contributed by atoms with E-state index < -0.39 is 0 Å². The molecule has 2 heterocycles. The van der Waals surface area contributed by atoms with Gasteiger partial charge in [0.05, 0.1) is 13.2 Å². The van der Waals surface area contributed by atoms with Crippen molar-refractivity contribution in [2.24, 2.45) is 4.99 Å². The number of rotatable bonds is 8. The largest absolute Gasteiger partial charge is 0.497 e. The van der Waals surface area contributed by atoms with E-state index in [4.69, 9.17) is 4.74 Å². The molecule has 2 atom stereocenters. The molecule has 2 aliphatic heterocycles. The number of ether oxygens (including phenoxy) is 1. The third kappa shape index (κ3) is 6.33. The molecule has 1 aromatic carbocycles. The van der Waals surface area contributed by atoms with E-state index in [9.17, 15) is 0 Å². The Morgan fingerprint density at radius 2 is 1.60 bits per heavy atom. The first kappa shape index (κ1) is 22.8. The highest BCUT2D eigenvalue weighted by Gasteiger charge is 2.24. The fourth-order valence-electron chi connectivity index (χ4n) is 4.39. The first-order valence-electron chi connectivity index (χ1n) is 11.4. The molecule has 0 amide bonds. The second-order valence-electron chi connectivity index (χ2n) is 8.55. The molecule has 0 bridgehead atoms. The predicted molar refractivity (Wildman–Crippen MR) is 124 cm³/mol. The average molecular weight is 417 g/mol. The summed E-state index contributed by atoms with van der Waals surface area (Å²) in [6.45, 7) is 10.9. The van der Waals surface area contributed by atoms with Gasteiger partial charge in [-0.2, -0.15) is 0 Å². The SMILES string of the molecule is CN=C(NCC(C)N1CCN(C)CC1)NCC(c1ccc(OC)cc1)N1CCCC1. The number of likely N-dealkylation sites (tertiary alicyclic amines) is 1. The summed E-state index contributed by atoms with van der Waals surface area (Å²) in [7, 11) is 5.77. The molecule has 2 fully saturated rings. The maximum atomic E-state index is 5.34. The minimum Gasteiger partial charge on any atom is -0.497 e. The molecule has 7 nitrogen and oxygen atoms in total. The highest BCUT2D eigenvalue weighted by Crippen LogP contribution is 2.26. The highest BCUT2D eigenvalue weighted by atomic mass is 16.5. The molecule has 3 rings (SSSR count). The number of hydrogen-bond acceptors (Lipinski definition) is 5. The smallest absolute Gasteiger partial charge is 0.191 e. The van der Waals surface area contributed by atoms with Gasteiger partial charge in [-0.3, -0.25) is 14.8 Å². The molecule has 2 N–H and O–H groups in total. The summed E-state index contributed by atoms with van der Waals surface area (Å²) >= 11 is 0. The minimum absolute atomic E-state index is 0.340. The van der Waals surface area contributed by atoms with Crippen molar-refractivity contribution in [1.29, 1.82) is 0 Å². The van der Waals surface area contributed by atoms with Gasteiger partial charge >= 0.3 is 0 Å². The summed E-state index contributed by atoms with van der Waals surface area (Å²) in [5.74, 6) is 1.79. The van der Waals surface area contributed by atoms with Crippen LogP contribution in [0.15, 0.2) is 29.3 Å². The van der Waals surface area contributed by atoms with Crippen molar-refractivity contribution in [1.82, 2.24) is 25.3 Å². The molecule has 2 unspecified atom stereocenters. The van der Waals surface area contributed by atoms with Crippen molar-refractivity contribution in [2.75, 3.05) is 73.6 Å². The fraction of sp³-hybridized carbons (Fsp3) is 0.696. The number of aliphatic imine (C=N–C) groups is 1. The molecule has 168 valence electrons. The molecule has 0 aliphatic carbocycles. The van der Waals surface area contributed by atoms with Gasteiger partial charge in [-0.15, -0.1) is 0 Å². The Hall–Kier alpha value is -1.83. The lowest BCUT2D eigenvalue weighted by atomic mass is 10.1. The van der Waals surface area contributed by atoms with Crippen molar-refractivity contribution in [3.63, 3.8) is 0 Å². The van der Waals surface area contributed by atoms with Gasteiger partial charge in [0.15, 0.2) is 5.96 Å². The Kier molecular flexibility index (Phi) is 8.78. The topological polar surface area (TPSA) is 55.4 Å². The van der Waals surface area contributed by atoms with E-state index in [-0.39, 0.29) is 0 Å². The number of methoxy groups -OCH3 is 1. The first-order valence-corrected chi connectivity index (χ1v) is 11.4. The Balaban J connectivity index is 1.53. The number of guanidine groups is 1. The van der Waals surface area contributed by atoms with Crippen LogP contribution < -0.4 is 15.4 Å². The van der Waals surface area contributed by atoms with Crippen LogP contribution in [0.5, 0.6) is 5.75 Å². The third-order valence-electron chi connectivity index (χ3n) is 6.49. The van der Waals surface area contributed by atoms with Crippen LogP contribution in [0.4, 0.5) is 0 Å². The van der Waals surface area contributed by atoms with Crippen LogP contribution in [0.2, 0.25) is 0 Å². The number of likely N-dealkylation sites (N-methyl/N-ethyl adjacent to an activating group) is 1. The minimum atomic E-state index is 0.340. The third-order valence-corrected chi connectivity index (χ3v) is 6.49. The maximum absolute atomic E-state index is 5.34. The second-order valence-corrected chi connectivity index (χ2v) is 8.55. The van der Waals surface area contributed by atoms with E-state index in [2.05, 4.69) is 68.6 Å². The van der Waals surface area contributed by atoms with E-state index >= 15 is 0 Å². The zero-order valence-corrected chi connectivity index (χ0v) is 19.2. The Labute approximate surface area is 182 Å². The lowest BCUT2D eigenvalue weighted by Crippen LogP contribution is -2.52. The van der Waals surface area contributed by atoms with Crippen molar-refractivity contribution >= 4 is 5.96 Å². The Bertz CT molecular complexity index is 650. The molecule has 0 saturated carbocycles. The summed E-state index contributed by atoms with van der Waals surface area (Å²) in [4.78, 5) is 12.0. The fourth-order valence-corrected chi connectivity index (χ4v) is 4.39. The first-order chi connectivity index (χ1) is 14.6. The molecular weight excluding hydrogens is 376 g/mol. The summed E-state index contributed by atoms with van der Waals surface area (Å²) in [6.07, 6.45) is 2.56. The van der Waals surface area contributed by atoms with Crippen molar-refractivity contribution in [3.05, 3.63) is 29.8 Å². The maximum Gasteiger partial charge on any atom is 0.191 e. The monoisotopic (exact) mass is 416 g/mol. The van der Waals surface area contributed by atoms with E-state index in [0.717, 1.165) is 64.1 Å². The van der Waals surface area contributed by atoms with Gasteiger partial charge in [-0.25, -0.2) is 0 Å². The predicted octanol–water partition coefficient (Wildman–Crippen LogP) is 1.63. The second kappa shape index (κ2) is 11.5. The summed E-state index contributed by atoms with van der Waals surface area (Å²) < 4.78 is 5.34. The van der Waals surface area contributed by atoms with Crippen LogP contribution in [0, 0.1) is 0 Å². The molecule has 0 aromatic heterocycles. The van der Waals surface area contributed by atoms with Crippen LogP contribution in [0.3, 0.4) is 0 Å². The lowest BCUT2D eigenvalue weighted by Gasteiger charge is -2.36. The molecule has 1 aromatic rings. The van der Waals surface area contributed by atoms with Crippen LogP contribution in [0.25, 0.3) is 0 Å². The standard InChI is InChI=1S/C23H40N6O/c1-19(28-15-13-27(3)14-16-28)17-25-23(24-2)26-18-22(29-11-5-6-12-29)20-7-9-21(30-4)10-8-20/h7-10,19,22H,5-6,11-18H2,1-4H3,(H2,24,25,26). The lowest BCUT2D eigenvalue weighted by molar-refractivity contribution is 0.120. The number of piperazine rings is 1. The Morgan fingerprint density at radius 3 is 2.20 bits per heavy atom. The molecule has 2 saturated heterocycles. The number of benzene rings is 1. The zero-order chi connectivity index (χ0) is 21.3. The van der Waals surface area contributed by atoms with E-state index in [1.165, 1.54) is 18.4 Å². The van der Waals surface area contributed by atoms with E-state index in [1.807, 2.05) is 7.05 Å². The van der Waals surface area contributed by atoms with Gasteiger partial charge in [0.25, 0.3) is 0 Å². The van der Waals surface area contributed by atoms with Crippen LogP contribution in [-0.4, -0.2) is 100 Å². The van der Waals surface area contributed by atoms with Crippen molar-refractivity contribution in [3.8, 4) is 5.75 Å². The quantitative estimate of drug-likeness (QED) is 0.496. The van der Waals surface area contributed by atoms with Crippen LogP contribution in [0.1, 0.15) is 31.4 Å². The van der Waals surface area contributed by atoms with E-state index in [0.29, 0.717) is 12.1 Å². The van der Waals surface area contributed by atoms with Gasteiger partial charge in [0.1, 0.15) is 5.75 Å². The molecule has 30 heavy (non-hydrogen) atoms. The van der Waals surface area contributed by atoms with Gasteiger partial charge in [0.2, 0.25) is 0 Å². The van der Waals surface area contributed by atoms with Gasteiger partial charge in [-0.1, -0.05) is 12.1 Å². The zero-order valence-electron chi connectivity index (χ0n) is 19.2. The summed E-state index contributed by atoms with van der Waals surface area (Å²) in [5, 5.41) is 7.12. The highest BCUT2D eigenvalue weighted by molar-refractivity contribution is 5.79. The van der Waals surface area contributed by atoms with Gasteiger partial charge in [-0.05, 0) is 57.6 Å². The van der Waals surface area contributed by atoms with E-state index in [1.54, 1.807) is 7.11 Å². The number of hydrogen-bond donors (Lipinski definition) is 2. The van der Waals surface area contributed by atoms with Gasteiger partial charge < -0.3 is 20.3 Å². The summed E-state index contributed by atoms with van der Waals surface area (Å²) in [6, 6.07) is 9.33. The van der Waals surface area contributed by atoms with Crippen molar-refractivity contribution in [2.45, 2.75) is 31.8 Å². The normalized spacial score (nSPS) is 21.4. The Morgan fingerprint density at radius 1 is 0.967 bits per heavy atom. The van der Waals surface area contributed by atoms with Crippen LogP contribution in [-0.2, 0) is 0 Å². The average Bonchev–Trinajstić information content (AvgIpc) is 3.31. The molecule has 0 radical (unpaired) electrons.